The van der Waals surface area contributed by atoms with Crippen molar-refractivity contribution >= 4 is 32.0 Å². The van der Waals surface area contributed by atoms with Crippen LogP contribution in [0.2, 0.25) is 0 Å². The second-order valence-electron chi connectivity index (χ2n) is 6.11. The van der Waals surface area contributed by atoms with Gasteiger partial charge in [-0.3, -0.25) is 4.55 Å². The van der Waals surface area contributed by atoms with Crippen LogP contribution in [0.15, 0.2) is 64.4 Å². The molecule has 2 aromatic carbocycles. The fourth-order valence-corrected chi connectivity index (χ4v) is 3.98. The standard InChI is InChI=1S/C18H19NO9S2.Na/c20-17(21)16(12-13-4-2-1-3-5-13)19-18(22)28-10-11-29(23,24)14-6-8-15(9-7-14)30(25,26)27;/h1-9,16H,10-12H2,(H,19,22)(H,20,21)(H,25,26,27);/q;+1/p-1/t16-;/m0./s1. The van der Waals surface area contributed by atoms with E-state index in [1.807, 2.05) is 0 Å². The number of aliphatic carboxylic acids is 1. The number of carboxylic acids is 1. The first kappa shape index (κ1) is 27.1. The van der Waals surface area contributed by atoms with E-state index in [1.54, 1.807) is 30.3 Å². The summed E-state index contributed by atoms with van der Waals surface area (Å²) in [6, 6.07) is 10.9. The predicted octanol–water partition coefficient (Wildman–Crippen LogP) is -3.20. The van der Waals surface area contributed by atoms with E-state index in [9.17, 15) is 31.5 Å². The molecule has 0 saturated heterocycles. The number of ether oxygens (including phenoxy) is 1. The van der Waals surface area contributed by atoms with Crippen molar-refractivity contribution in [3.63, 3.8) is 0 Å². The zero-order chi connectivity index (χ0) is 22.4. The molecule has 0 radical (unpaired) electrons. The average Bonchev–Trinajstić information content (AvgIpc) is 2.67. The number of carbonyl (C=O) groups is 2. The van der Waals surface area contributed by atoms with Gasteiger partial charge < -0.3 is 20.0 Å². The van der Waals surface area contributed by atoms with E-state index in [4.69, 9.17) is 9.29 Å². The maximum absolute atomic E-state index is 12.2. The van der Waals surface area contributed by atoms with E-state index < -0.39 is 55.3 Å². The molecule has 0 unspecified atom stereocenters. The second-order valence-corrected chi connectivity index (χ2v) is 9.64. The molecule has 13 heteroatoms. The van der Waals surface area contributed by atoms with Gasteiger partial charge in [0.05, 0.1) is 27.6 Å². The molecule has 2 aromatic rings. The molecule has 1 amide bonds. The number of amides is 1. The topological polar surface area (TPSA) is 167 Å². The third kappa shape index (κ3) is 8.59. The van der Waals surface area contributed by atoms with E-state index in [2.05, 4.69) is 5.32 Å². The normalized spacial score (nSPS) is 12.3. The SMILES string of the molecule is O=C(N[C@@H](Cc1ccccc1)C(=O)[O-])OCCS(=O)(=O)c1ccc(S(=O)(=O)O)cc1.[Na+]. The molecule has 0 saturated carbocycles. The first-order chi connectivity index (χ1) is 14.0. The Balaban J connectivity index is 0.00000480. The predicted molar refractivity (Wildman–Crippen MR) is 102 cm³/mol. The molecule has 10 nitrogen and oxygen atoms in total. The minimum Gasteiger partial charge on any atom is -0.548 e. The van der Waals surface area contributed by atoms with Gasteiger partial charge in [0.25, 0.3) is 10.1 Å². The van der Waals surface area contributed by atoms with Crippen molar-refractivity contribution in [3.8, 4) is 0 Å². The quantitative estimate of drug-likeness (QED) is 0.278. The summed E-state index contributed by atoms with van der Waals surface area (Å²) in [7, 11) is -8.38. The van der Waals surface area contributed by atoms with Gasteiger partial charge in [-0.05, 0) is 36.2 Å². The third-order valence-electron chi connectivity index (χ3n) is 3.93. The molecule has 2 N–H and O–H groups in total. The molecule has 0 aliphatic carbocycles. The molecule has 31 heavy (non-hydrogen) atoms. The molecule has 0 heterocycles. The second kappa shape index (κ2) is 11.6. The number of carboxylic acid groups (broad SMARTS) is 1. The Morgan fingerprint density at radius 1 is 0.968 bits per heavy atom. The summed E-state index contributed by atoms with van der Waals surface area (Å²) < 4.78 is 60.1. The molecule has 0 bridgehead atoms. The van der Waals surface area contributed by atoms with Crippen LogP contribution in [0.5, 0.6) is 0 Å². The first-order valence-electron chi connectivity index (χ1n) is 8.47. The van der Waals surface area contributed by atoms with Crippen LogP contribution in [0, 0.1) is 0 Å². The van der Waals surface area contributed by atoms with Crippen LogP contribution < -0.4 is 40.0 Å². The van der Waals surface area contributed by atoms with Crippen LogP contribution in [-0.4, -0.2) is 51.9 Å². The number of alkyl carbamates (subject to hydrolysis) is 1. The van der Waals surface area contributed by atoms with Crippen LogP contribution >= 0.6 is 0 Å². The number of hydrogen-bond acceptors (Lipinski definition) is 8. The number of rotatable bonds is 9. The van der Waals surface area contributed by atoms with Crippen LogP contribution in [0.1, 0.15) is 5.56 Å². The van der Waals surface area contributed by atoms with Crippen LogP contribution in [-0.2, 0) is 35.9 Å². The van der Waals surface area contributed by atoms with Crippen LogP contribution in [0.4, 0.5) is 4.79 Å². The Bertz CT molecular complexity index is 1100. The average molecular weight is 479 g/mol. The molecular formula is C18H18NNaO9S2. The summed E-state index contributed by atoms with van der Waals surface area (Å²) >= 11 is 0. The summed E-state index contributed by atoms with van der Waals surface area (Å²) in [6.07, 6.45) is -1.17. The van der Waals surface area contributed by atoms with Crippen molar-refractivity contribution < 1.29 is 70.4 Å². The van der Waals surface area contributed by atoms with Gasteiger partial charge in [-0.15, -0.1) is 0 Å². The minimum atomic E-state index is -4.46. The molecule has 0 aliphatic rings. The Hall–Kier alpha value is -1.96. The summed E-state index contributed by atoms with van der Waals surface area (Å²) in [5, 5.41) is 13.3. The van der Waals surface area contributed by atoms with Gasteiger partial charge in [-0.25, -0.2) is 13.2 Å². The van der Waals surface area contributed by atoms with E-state index in [-0.39, 0.29) is 40.9 Å². The number of benzene rings is 2. The smallest absolute Gasteiger partial charge is 0.548 e. The van der Waals surface area contributed by atoms with E-state index in [1.165, 1.54) is 0 Å². The maximum atomic E-state index is 12.2. The zero-order valence-corrected chi connectivity index (χ0v) is 20.1. The van der Waals surface area contributed by atoms with Crippen molar-refractivity contribution in [2.45, 2.75) is 22.3 Å². The number of nitrogens with one attached hydrogen (secondary N) is 1. The van der Waals surface area contributed by atoms with Crippen molar-refractivity contribution in [3.05, 3.63) is 60.2 Å². The van der Waals surface area contributed by atoms with Gasteiger partial charge in [-0.1, -0.05) is 30.3 Å². The minimum absolute atomic E-state index is 0. The number of sulfone groups is 1. The van der Waals surface area contributed by atoms with Crippen molar-refractivity contribution in [2.75, 3.05) is 12.4 Å². The summed E-state index contributed by atoms with van der Waals surface area (Å²) in [5.74, 6) is -2.15. The largest absolute Gasteiger partial charge is 1.00 e. The third-order valence-corrected chi connectivity index (χ3v) is 6.49. The molecular weight excluding hydrogens is 461 g/mol. The fraction of sp³-hybridized carbons (Fsp3) is 0.222. The Morgan fingerprint density at radius 2 is 1.52 bits per heavy atom. The van der Waals surface area contributed by atoms with Gasteiger partial charge >= 0.3 is 35.7 Å². The van der Waals surface area contributed by atoms with Crippen LogP contribution in [0.25, 0.3) is 0 Å². The number of carbonyl (C=O) groups excluding carboxylic acids is 2. The number of hydrogen-bond donors (Lipinski definition) is 2. The Morgan fingerprint density at radius 3 is 2.03 bits per heavy atom. The first-order valence-corrected chi connectivity index (χ1v) is 11.6. The van der Waals surface area contributed by atoms with Gasteiger partial charge in [0, 0.05) is 0 Å². The van der Waals surface area contributed by atoms with E-state index >= 15 is 0 Å². The van der Waals surface area contributed by atoms with Gasteiger partial charge in [0.15, 0.2) is 9.84 Å². The maximum Gasteiger partial charge on any atom is 1.00 e. The van der Waals surface area contributed by atoms with E-state index in [0.29, 0.717) is 5.56 Å². The van der Waals surface area contributed by atoms with Gasteiger partial charge in [-0.2, -0.15) is 8.42 Å². The van der Waals surface area contributed by atoms with Crippen molar-refractivity contribution in [2.24, 2.45) is 0 Å². The molecule has 0 aromatic heterocycles. The Labute approximate surface area is 201 Å². The van der Waals surface area contributed by atoms with Crippen molar-refractivity contribution in [1.82, 2.24) is 5.32 Å². The van der Waals surface area contributed by atoms with Crippen molar-refractivity contribution in [1.29, 1.82) is 0 Å². The summed E-state index contributed by atoms with van der Waals surface area (Å²) in [6.45, 7) is -0.570. The molecule has 0 spiro atoms. The van der Waals surface area contributed by atoms with Gasteiger partial charge in [0.1, 0.15) is 6.61 Å². The monoisotopic (exact) mass is 479 g/mol. The van der Waals surface area contributed by atoms with Gasteiger partial charge in [0.2, 0.25) is 0 Å². The molecule has 162 valence electrons. The fourth-order valence-electron chi connectivity index (χ4n) is 2.41. The van der Waals surface area contributed by atoms with E-state index in [0.717, 1.165) is 24.3 Å². The molecule has 1 atom stereocenters. The zero-order valence-electron chi connectivity index (χ0n) is 16.4. The van der Waals surface area contributed by atoms with Crippen LogP contribution in [0.3, 0.4) is 0 Å². The summed E-state index contributed by atoms with van der Waals surface area (Å²) in [4.78, 5) is 22.3. The molecule has 0 aliphatic heterocycles. The molecule has 2 rings (SSSR count). The molecule has 0 fully saturated rings. The Kier molecular flexibility index (Phi) is 10.1. The summed E-state index contributed by atoms with van der Waals surface area (Å²) in [5.41, 5.74) is 0.642.